The third-order valence-electron chi connectivity index (χ3n) is 5.04. The fourth-order valence-electron chi connectivity index (χ4n) is 3.60. The van der Waals surface area contributed by atoms with Crippen molar-refractivity contribution in [3.8, 4) is 0 Å². The minimum absolute atomic E-state index is 0.231. The Bertz CT molecular complexity index is 1180. The van der Waals surface area contributed by atoms with Gasteiger partial charge < -0.3 is 9.47 Å². The number of hydrogen-bond acceptors (Lipinski definition) is 3. The predicted molar refractivity (Wildman–Crippen MR) is 148 cm³/mol. The molecule has 0 aliphatic carbocycles. The SMILES string of the molecule is C=CC=NC(=C\C=C)/C(C)=C/C1=C2B(C(/C=C\C=C)=C(C=C)OC2=C)C(/C=C\C=C)=C(C=C)O1. The van der Waals surface area contributed by atoms with Crippen molar-refractivity contribution in [2.24, 2.45) is 4.99 Å². The first-order valence-corrected chi connectivity index (χ1v) is 10.7. The van der Waals surface area contributed by atoms with Gasteiger partial charge in [-0.3, -0.25) is 4.99 Å². The van der Waals surface area contributed by atoms with E-state index >= 15 is 0 Å². The number of ether oxygens (including phenoxy) is 2. The number of fused-ring (bicyclic) bond motifs is 1. The Morgan fingerprint density at radius 3 is 1.88 bits per heavy atom. The zero-order chi connectivity index (χ0) is 25.1. The summed E-state index contributed by atoms with van der Waals surface area (Å²) in [6.07, 6.45) is 23.1. The van der Waals surface area contributed by atoms with Gasteiger partial charge in [0, 0.05) is 11.7 Å². The molecule has 0 aromatic rings. The summed E-state index contributed by atoms with van der Waals surface area (Å²) in [4.78, 5) is 4.44. The van der Waals surface area contributed by atoms with Gasteiger partial charge in [0.05, 0.1) is 5.70 Å². The Morgan fingerprint density at radius 2 is 1.38 bits per heavy atom. The molecule has 0 atom stereocenters. The van der Waals surface area contributed by atoms with E-state index in [1.807, 2.05) is 43.4 Å². The second-order valence-corrected chi connectivity index (χ2v) is 7.20. The maximum absolute atomic E-state index is 6.33. The molecule has 0 aromatic heterocycles. The van der Waals surface area contributed by atoms with Crippen molar-refractivity contribution < 1.29 is 9.47 Å². The van der Waals surface area contributed by atoms with Crippen LogP contribution in [0.5, 0.6) is 0 Å². The zero-order valence-corrected chi connectivity index (χ0v) is 19.8. The molecular formula is C30H30BNO2. The summed E-state index contributed by atoms with van der Waals surface area (Å²) in [5, 5.41) is 0. The molecule has 0 unspecified atom stereocenters. The van der Waals surface area contributed by atoms with E-state index in [2.05, 4.69) is 51.0 Å². The van der Waals surface area contributed by atoms with Gasteiger partial charge in [0.25, 0.3) is 6.71 Å². The molecule has 0 radical (unpaired) electrons. The zero-order valence-electron chi connectivity index (χ0n) is 19.8. The molecule has 0 saturated carbocycles. The second kappa shape index (κ2) is 12.7. The first-order chi connectivity index (χ1) is 16.5. The minimum Gasteiger partial charge on any atom is -0.459 e. The van der Waals surface area contributed by atoms with E-state index in [0.29, 0.717) is 23.0 Å². The maximum Gasteiger partial charge on any atom is 0.260 e. The summed E-state index contributed by atoms with van der Waals surface area (Å²) < 4.78 is 12.4. The van der Waals surface area contributed by atoms with Gasteiger partial charge in [0.15, 0.2) is 0 Å². The van der Waals surface area contributed by atoms with Crippen LogP contribution in [-0.2, 0) is 9.47 Å². The molecule has 2 aliphatic heterocycles. The van der Waals surface area contributed by atoms with Crippen molar-refractivity contribution in [2.75, 3.05) is 0 Å². The molecule has 0 spiro atoms. The smallest absolute Gasteiger partial charge is 0.260 e. The van der Waals surface area contributed by atoms with Crippen molar-refractivity contribution in [1.82, 2.24) is 0 Å². The average molecular weight is 447 g/mol. The van der Waals surface area contributed by atoms with Crippen LogP contribution in [-0.4, -0.2) is 12.9 Å². The molecule has 2 rings (SSSR count). The summed E-state index contributed by atoms with van der Waals surface area (Å²) in [6.45, 7) is 28.9. The molecule has 0 bridgehead atoms. The van der Waals surface area contributed by atoms with Crippen LogP contribution in [0, 0.1) is 0 Å². The third kappa shape index (κ3) is 5.73. The van der Waals surface area contributed by atoms with Crippen LogP contribution < -0.4 is 0 Å². The Kier molecular flexibility index (Phi) is 9.66. The van der Waals surface area contributed by atoms with E-state index in [1.165, 1.54) is 0 Å². The molecule has 34 heavy (non-hydrogen) atoms. The normalized spacial score (nSPS) is 17.2. The molecule has 4 heteroatoms. The van der Waals surface area contributed by atoms with Gasteiger partial charge in [-0.05, 0) is 47.7 Å². The Hall–Kier alpha value is -4.31. The summed E-state index contributed by atoms with van der Waals surface area (Å²) in [7, 11) is 0. The van der Waals surface area contributed by atoms with Gasteiger partial charge in [-0.1, -0.05) is 94.7 Å². The molecule has 0 aromatic carbocycles. The standard InChI is InChI=1S/C30H30BNO2/c1-9-15-18-24-27(13-5)33-23(8)30-29(21-22(7)26(17-11-3)32-20-12-4)34-28(14-6)25(31(24)30)19-16-10-2/h9-21H,1-6,8H2,7H3/b18-15-,19-16-,22-21+,26-17-,32-20?. The van der Waals surface area contributed by atoms with Crippen LogP contribution in [0.2, 0.25) is 0 Å². The van der Waals surface area contributed by atoms with Crippen LogP contribution in [0.25, 0.3) is 0 Å². The highest BCUT2D eigenvalue weighted by Gasteiger charge is 2.41. The summed E-state index contributed by atoms with van der Waals surface area (Å²) in [5.41, 5.74) is 4.19. The molecule has 0 fully saturated rings. The van der Waals surface area contributed by atoms with Gasteiger partial charge in [0.1, 0.15) is 23.0 Å². The molecule has 0 amide bonds. The summed E-state index contributed by atoms with van der Waals surface area (Å²) in [6, 6.07) is 0. The molecule has 3 nitrogen and oxygen atoms in total. The van der Waals surface area contributed by atoms with Gasteiger partial charge in [-0.15, -0.1) is 0 Å². The van der Waals surface area contributed by atoms with E-state index in [1.54, 1.807) is 42.7 Å². The van der Waals surface area contributed by atoms with Crippen LogP contribution in [0.1, 0.15) is 6.92 Å². The Labute approximate surface area is 204 Å². The van der Waals surface area contributed by atoms with Crippen molar-refractivity contribution in [2.45, 2.75) is 6.92 Å². The Balaban J connectivity index is 2.88. The fraction of sp³-hybridized carbons (Fsp3) is 0.0333. The summed E-state index contributed by atoms with van der Waals surface area (Å²) in [5.74, 6) is 2.31. The average Bonchev–Trinajstić information content (AvgIpc) is 2.84. The lowest BCUT2D eigenvalue weighted by Gasteiger charge is -2.34. The van der Waals surface area contributed by atoms with Gasteiger partial charge in [-0.25, -0.2) is 0 Å². The van der Waals surface area contributed by atoms with Crippen molar-refractivity contribution >= 4 is 12.9 Å². The minimum atomic E-state index is -0.231. The summed E-state index contributed by atoms with van der Waals surface area (Å²) >= 11 is 0. The predicted octanol–water partition coefficient (Wildman–Crippen LogP) is 7.56. The topological polar surface area (TPSA) is 30.8 Å². The quantitative estimate of drug-likeness (QED) is 0.186. The maximum atomic E-state index is 6.33. The van der Waals surface area contributed by atoms with Crippen LogP contribution >= 0.6 is 0 Å². The van der Waals surface area contributed by atoms with Crippen molar-refractivity contribution in [1.29, 1.82) is 0 Å². The third-order valence-corrected chi connectivity index (χ3v) is 5.04. The van der Waals surface area contributed by atoms with Gasteiger partial charge in [-0.2, -0.15) is 0 Å². The molecule has 0 N–H and O–H groups in total. The first-order valence-electron chi connectivity index (χ1n) is 10.7. The van der Waals surface area contributed by atoms with E-state index in [4.69, 9.17) is 9.47 Å². The first kappa shape index (κ1) is 26.0. The van der Waals surface area contributed by atoms with E-state index in [0.717, 1.165) is 27.7 Å². The molecule has 0 saturated heterocycles. The number of allylic oxidation sites excluding steroid dienone is 16. The molecular weight excluding hydrogens is 417 g/mol. The lowest BCUT2D eigenvalue weighted by Crippen LogP contribution is -2.34. The highest BCUT2D eigenvalue weighted by Crippen LogP contribution is 2.42. The number of hydrogen-bond donors (Lipinski definition) is 0. The number of nitrogens with zero attached hydrogens (tertiary/aromatic N) is 1. The monoisotopic (exact) mass is 447 g/mol. The highest BCUT2D eigenvalue weighted by atomic mass is 16.5. The Morgan fingerprint density at radius 1 is 0.794 bits per heavy atom. The number of aliphatic imine (C=N–C) groups is 1. The van der Waals surface area contributed by atoms with Gasteiger partial charge in [0.2, 0.25) is 0 Å². The van der Waals surface area contributed by atoms with E-state index in [-0.39, 0.29) is 6.71 Å². The molecule has 170 valence electrons. The van der Waals surface area contributed by atoms with Crippen molar-refractivity contribution in [3.63, 3.8) is 0 Å². The highest BCUT2D eigenvalue weighted by molar-refractivity contribution is 6.83. The fourth-order valence-corrected chi connectivity index (χ4v) is 3.60. The lowest BCUT2D eigenvalue weighted by atomic mass is 9.32. The number of rotatable bonds is 11. The van der Waals surface area contributed by atoms with Crippen LogP contribution in [0.15, 0.2) is 175 Å². The lowest BCUT2D eigenvalue weighted by molar-refractivity contribution is 0.302. The molecule has 2 aliphatic rings. The van der Waals surface area contributed by atoms with Crippen LogP contribution in [0.3, 0.4) is 0 Å². The van der Waals surface area contributed by atoms with Crippen LogP contribution in [0.4, 0.5) is 0 Å². The van der Waals surface area contributed by atoms with E-state index in [9.17, 15) is 0 Å². The van der Waals surface area contributed by atoms with Crippen molar-refractivity contribution in [3.05, 3.63) is 170 Å². The van der Waals surface area contributed by atoms with E-state index < -0.39 is 0 Å². The largest absolute Gasteiger partial charge is 0.459 e. The van der Waals surface area contributed by atoms with Gasteiger partial charge >= 0.3 is 0 Å². The molecule has 2 heterocycles. The second-order valence-electron chi connectivity index (χ2n) is 7.20.